The van der Waals surface area contributed by atoms with Crippen LogP contribution in [-0.2, 0) is 9.59 Å². The zero-order valence-electron chi connectivity index (χ0n) is 17.0. The lowest BCUT2D eigenvalue weighted by atomic mass is 9.94. The maximum absolute atomic E-state index is 12.6. The van der Waals surface area contributed by atoms with E-state index in [1.807, 2.05) is 41.3 Å². The Morgan fingerprint density at radius 3 is 2.36 bits per heavy atom. The van der Waals surface area contributed by atoms with Crippen molar-refractivity contribution in [1.82, 2.24) is 15.1 Å². The molecule has 2 aliphatic heterocycles. The maximum atomic E-state index is 12.6. The number of amides is 2. The summed E-state index contributed by atoms with van der Waals surface area (Å²) in [5.74, 6) is 0.252. The highest BCUT2D eigenvalue weighted by Crippen LogP contribution is 2.19. The SMILES string of the molecule is CCCN1CCC(NC(=O)C2CCN(C(=O)/C=C/c3ccccc3)CC2)CC1. The van der Waals surface area contributed by atoms with Crippen LogP contribution >= 0.6 is 0 Å². The monoisotopic (exact) mass is 383 g/mol. The van der Waals surface area contributed by atoms with Crippen molar-refractivity contribution in [3.8, 4) is 0 Å². The van der Waals surface area contributed by atoms with Gasteiger partial charge in [0.1, 0.15) is 0 Å². The standard InChI is InChI=1S/C23H33N3O2/c1-2-14-25-15-12-21(13-16-25)24-23(28)20-10-17-26(18-11-20)22(27)9-8-19-6-4-3-5-7-19/h3-9,20-21H,2,10-18H2,1H3,(H,24,28)/b9-8+. The first-order valence-corrected chi connectivity index (χ1v) is 10.7. The third-order valence-corrected chi connectivity index (χ3v) is 5.87. The van der Waals surface area contributed by atoms with Gasteiger partial charge in [-0.2, -0.15) is 0 Å². The number of hydrogen-bond donors (Lipinski definition) is 1. The summed E-state index contributed by atoms with van der Waals surface area (Å²) in [4.78, 5) is 29.3. The highest BCUT2D eigenvalue weighted by Gasteiger charge is 2.28. The summed E-state index contributed by atoms with van der Waals surface area (Å²) in [6.07, 6.45) is 8.29. The lowest BCUT2D eigenvalue weighted by Gasteiger charge is -2.34. The van der Waals surface area contributed by atoms with Crippen molar-refractivity contribution in [2.75, 3.05) is 32.7 Å². The second kappa shape index (κ2) is 10.4. The van der Waals surface area contributed by atoms with Crippen LogP contribution < -0.4 is 5.32 Å². The summed E-state index contributed by atoms with van der Waals surface area (Å²) in [7, 11) is 0. The first kappa shape index (κ1) is 20.6. The van der Waals surface area contributed by atoms with Crippen LogP contribution in [-0.4, -0.2) is 60.4 Å². The molecular formula is C23H33N3O2. The molecule has 0 radical (unpaired) electrons. The summed E-state index contributed by atoms with van der Waals surface area (Å²) in [5.41, 5.74) is 1.02. The zero-order chi connectivity index (χ0) is 19.8. The molecule has 5 heteroatoms. The van der Waals surface area contributed by atoms with Crippen LogP contribution in [0.2, 0.25) is 0 Å². The molecule has 2 heterocycles. The van der Waals surface area contributed by atoms with Crippen LogP contribution in [0.1, 0.15) is 44.6 Å². The van der Waals surface area contributed by atoms with Gasteiger partial charge in [0, 0.05) is 44.2 Å². The minimum Gasteiger partial charge on any atom is -0.353 e. The van der Waals surface area contributed by atoms with Gasteiger partial charge in [0.05, 0.1) is 0 Å². The average molecular weight is 384 g/mol. The van der Waals surface area contributed by atoms with Gasteiger partial charge in [0.2, 0.25) is 11.8 Å². The molecular weight excluding hydrogens is 350 g/mol. The predicted molar refractivity (Wildman–Crippen MR) is 113 cm³/mol. The molecule has 1 aromatic rings. The van der Waals surface area contributed by atoms with Crippen molar-refractivity contribution in [2.45, 2.75) is 45.1 Å². The first-order chi connectivity index (χ1) is 13.7. The fraction of sp³-hybridized carbons (Fsp3) is 0.565. The highest BCUT2D eigenvalue weighted by atomic mass is 16.2. The van der Waals surface area contributed by atoms with E-state index in [-0.39, 0.29) is 17.7 Å². The molecule has 0 saturated carbocycles. The largest absolute Gasteiger partial charge is 0.353 e. The van der Waals surface area contributed by atoms with Crippen LogP contribution in [0, 0.1) is 5.92 Å². The highest BCUT2D eigenvalue weighted by molar-refractivity contribution is 5.92. The maximum Gasteiger partial charge on any atom is 0.246 e. The van der Waals surface area contributed by atoms with E-state index in [1.54, 1.807) is 6.08 Å². The molecule has 2 saturated heterocycles. The van der Waals surface area contributed by atoms with E-state index in [2.05, 4.69) is 17.1 Å². The molecule has 2 aliphatic rings. The molecule has 0 bridgehead atoms. The molecule has 1 N–H and O–H groups in total. The molecule has 3 rings (SSSR count). The van der Waals surface area contributed by atoms with Crippen molar-refractivity contribution >= 4 is 17.9 Å². The molecule has 2 fully saturated rings. The van der Waals surface area contributed by atoms with E-state index in [1.165, 1.54) is 6.42 Å². The molecule has 0 aromatic heterocycles. The van der Waals surface area contributed by atoms with Crippen LogP contribution in [0.15, 0.2) is 36.4 Å². The smallest absolute Gasteiger partial charge is 0.246 e. The van der Waals surface area contributed by atoms with E-state index in [4.69, 9.17) is 0 Å². The lowest BCUT2D eigenvalue weighted by molar-refractivity contribution is -0.132. The van der Waals surface area contributed by atoms with Crippen LogP contribution in [0.3, 0.4) is 0 Å². The van der Waals surface area contributed by atoms with Gasteiger partial charge in [-0.05, 0) is 50.3 Å². The third-order valence-electron chi connectivity index (χ3n) is 5.87. The number of carbonyl (C=O) groups excluding carboxylic acids is 2. The summed E-state index contributed by atoms with van der Waals surface area (Å²) in [5, 5.41) is 3.26. The zero-order valence-corrected chi connectivity index (χ0v) is 17.0. The number of benzene rings is 1. The molecule has 152 valence electrons. The fourth-order valence-corrected chi connectivity index (χ4v) is 4.14. The predicted octanol–water partition coefficient (Wildman–Crippen LogP) is 2.93. The van der Waals surface area contributed by atoms with Gasteiger partial charge in [-0.25, -0.2) is 0 Å². The Balaban J connectivity index is 1.39. The van der Waals surface area contributed by atoms with Crippen LogP contribution in [0.4, 0.5) is 0 Å². The lowest BCUT2D eigenvalue weighted by Crippen LogP contribution is -2.48. The van der Waals surface area contributed by atoms with Crippen molar-refractivity contribution in [3.05, 3.63) is 42.0 Å². The van der Waals surface area contributed by atoms with E-state index >= 15 is 0 Å². The Kier molecular flexibility index (Phi) is 7.66. The Morgan fingerprint density at radius 2 is 1.71 bits per heavy atom. The van der Waals surface area contributed by atoms with Crippen LogP contribution in [0.5, 0.6) is 0 Å². The molecule has 0 aliphatic carbocycles. The minimum absolute atomic E-state index is 0.0333. The van der Waals surface area contributed by atoms with E-state index in [9.17, 15) is 9.59 Å². The van der Waals surface area contributed by atoms with Crippen molar-refractivity contribution < 1.29 is 9.59 Å². The molecule has 0 unspecified atom stereocenters. The molecule has 5 nitrogen and oxygen atoms in total. The number of nitrogens with one attached hydrogen (secondary N) is 1. The summed E-state index contributed by atoms with van der Waals surface area (Å²) in [6, 6.07) is 10.2. The Bertz CT molecular complexity index is 658. The van der Waals surface area contributed by atoms with Crippen molar-refractivity contribution in [3.63, 3.8) is 0 Å². The second-order valence-electron chi connectivity index (χ2n) is 7.97. The van der Waals surface area contributed by atoms with Crippen molar-refractivity contribution in [2.24, 2.45) is 5.92 Å². The van der Waals surface area contributed by atoms with E-state index in [0.29, 0.717) is 19.1 Å². The van der Waals surface area contributed by atoms with E-state index < -0.39 is 0 Å². The number of nitrogens with zero attached hydrogens (tertiary/aromatic N) is 2. The molecule has 1 aromatic carbocycles. The first-order valence-electron chi connectivity index (χ1n) is 10.7. The van der Waals surface area contributed by atoms with Gasteiger partial charge < -0.3 is 15.1 Å². The topological polar surface area (TPSA) is 52.7 Å². The summed E-state index contributed by atoms with van der Waals surface area (Å²) in [6.45, 7) is 6.85. The van der Waals surface area contributed by atoms with Crippen LogP contribution in [0.25, 0.3) is 6.08 Å². The Labute approximate surface area is 168 Å². The van der Waals surface area contributed by atoms with Gasteiger partial charge >= 0.3 is 0 Å². The normalized spacial score (nSPS) is 19.8. The van der Waals surface area contributed by atoms with E-state index in [0.717, 1.165) is 50.9 Å². The Hall–Kier alpha value is -2.14. The molecule has 0 atom stereocenters. The number of carbonyl (C=O) groups is 2. The third kappa shape index (κ3) is 5.93. The minimum atomic E-state index is 0.0333. The number of piperidine rings is 2. The van der Waals surface area contributed by atoms with Gasteiger partial charge in [-0.3, -0.25) is 9.59 Å². The fourth-order valence-electron chi connectivity index (χ4n) is 4.14. The van der Waals surface area contributed by atoms with Gasteiger partial charge in [-0.15, -0.1) is 0 Å². The van der Waals surface area contributed by atoms with Gasteiger partial charge in [0.15, 0.2) is 0 Å². The van der Waals surface area contributed by atoms with Gasteiger partial charge in [0.25, 0.3) is 0 Å². The van der Waals surface area contributed by atoms with Gasteiger partial charge in [-0.1, -0.05) is 37.3 Å². The summed E-state index contributed by atoms with van der Waals surface area (Å²) >= 11 is 0. The summed E-state index contributed by atoms with van der Waals surface area (Å²) < 4.78 is 0. The average Bonchev–Trinajstić information content (AvgIpc) is 2.74. The quantitative estimate of drug-likeness (QED) is 0.769. The molecule has 0 spiro atoms. The number of hydrogen-bond acceptors (Lipinski definition) is 3. The Morgan fingerprint density at radius 1 is 1.04 bits per heavy atom. The second-order valence-corrected chi connectivity index (χ2v) is 7.97. The molecule has 2 amide bonds. The number of rotatable bonds is 6. The van der Waals surface area contributed by atoms with Crippen molar-refractivity contribution in [1.29, 1.82) is 0 Å². The number of likely N-dealkylation sites (tertiary alicyclic amines) is 2. The molecule has 28 heavy (non-hydrogen) atoms.